The van der Waals surface area contributed by atoms with Crippen LogP contribution in [-0.4, -0.2) is 68.9 Å². The predicted molar refractivity (Wildman–Crippen MR) is 92.9 cm³/mol. The van der Waals surface area contributed by atoms with Crippen molar-refractivity contribution in [2.24, 2.45) is 0 Å². The topological polar surface area (TPSA) is 87.0 Å². The van der Waals surface area contributed by atoms with Crippen LogP contribution in [0.4, 0.5) is 11.4 Å². The lowest BCUT2D eigenvalue weighted by atomic mass is 10.2. The molecule has 1 heterocycles. The van der Waals surface area contributed by atoms with Gasteiger partial charge in [-0.15, -0.1) is 0 Å². The van der Waals surface area contributed by atoms with Crippen LogP contribution in [0.15, 0.2) is 23.1 Å². The lowest BCUT2D eigenvalue weighted by molar-refractivity contribution is -0.384. The number of anilines is 1. The second-order valence-electron chi connectivity index (χ2n) is 5.79. The van der Waals surface area contributed by atoms with E-state index in [0.717, 1.165) is 13.1 Å². The number of likely N-dealkylation sites (N-methyl/N-ethyl adjacent to an activating group) is 1. The van der Waals surface area contributed by atoms with E-state index < -0.39 is 14.9 Å². The molecule has 1 aliphatic heterocycles. The first-order valence-corrected chi connectivity index (χ1v) is 9.47. The Morgan fingerprint density at radius 2 is 1.75 bits per heavy atom. The van der Waals surface area contributed by atoms with Crippen molar-refractivity contribution in [3.63, 3.8) is 0 Å². The zero-order valence-corrected chi connectivity index (χ0v) is 15.1. The van der Waals surface area contributed by atoms with Gasteiger partial charge in [-0.2, -0.15) is 4.31 Å². The molecule has 0 amide bonds. The molecular formula is C15H24N4O4S. The van der Waals surface area contributed by atoms with Crippen molar-refractivity contribution in [2.75, 3.05) is 51.2 Å². The number of hydrogen-bond acceptors (Lipinski definition) is 6. The van der Waals surface area contributed by atoms with Gasteiger partial charge in [0.05, 0.1) is 9.82 Å². The van der Waals surface area contributed by atoms with Crippen molar-refractivity contribution in [3.05, 3.63) is 28.3 Å². The van der Waals surface area contributed by atoms with Gasteiger partial charge >= 0.3 is 0 Å². The average Bonchev–Trinajstić information content (AvgIpc) is 2.56. The van der Waals surface area contributed by atoms with Crippen molar-refractivity contribution in [3.8, 4) is 0 Å². The van der Waals surface area contributed by atoms with Crippen LogP contribution in [0.25, 0.3) is 0 Å². The number of rotatable bonds is 6. The lowest BCUT2D eigenvalue weighted by Crippen LogP contribution is -2.44. The van der Waals surface area contributed by atoms with Crippen LogP contribution >= 0.6 is 0 Å². The molecule has 1 aromatic carbocycles. The summed E-state index contributed by atoms with van der Waals surface area (Å²) >= 11 is 0. The SMILES string of the molecule is CCN(CC)S(=O)(=O)c1ccc(N2CCN(C)CC2)c([N+](=O)[O-])c1. The fourth-order valence-corrected chi connectivity index (χ4v) is 4.32. The largest absolute Gasteiger partial charge is 0.363 e. The van der Waals surface area contributed by atoms with Gasteiger partial charge in [0.1, 0.15) is 5.69 Å². The summed E-state index contributed by atoms with van der Waals surface area (Å²) in [5, 5.41) is 11.5. The van der Waals surface area contributed by atoms with Crippen LogP contribution in [0.3, 0.4) is 0 Å². The number of sulfonamides is 1. The summed E-state index contributed by atoms with van der Waals surface area (Å²) in [7, 11) is -1.71. The van der Waals surface area contributed by atoms with Gasteiger partial charge in [0.2, 0.25) is 10.0 Å². The molecule has 2 rings (SSSR count). The van der Waals surface area contributed by atoms with E-state index in [-0.39, 0.29) is 10.6 Å². The molecule has 134 valence electrons. The Morgan fingerprint density at radius 1 is 1.17 bits per heavy atom. The molecule has 0 aromatic heterocycles. The van der Waals surface area contributed by atoms with Crippen LogP contribution in [0, 0.1) is 10.1 Å². The summed E-state index contributed by atoms with van der Waals surface area (Å²) in [6, 6.07) is 4.20. The number of hydrogen-bond donors (Lipinski definition) is 0. The molecule has 24 heavy (non-hydrogen) atoms. The molecule has 0 saturated carbocycles. The zero-order valence-electron chi connectivity index (χ0n) is 14.3. The normalized spacial score (nSPS) is 16.6. The molecule has 0 aliphatic carbocycles. The second kappa shape index (κ2) is 7.45. The third kappa shape index (κ3) is 3.68. The standard InChI is InChI=1S/C15H24N4O4S/c1-4-18(5-2)24(22,23)13-6-7-14(15(12-13)19(20)21)17-10-8-16(3)9-11-17/h6-7,12H,4-5,8-11H2,1-3H3. The molecule has 8 nitrogen and oxygen atoms in total. The smallest absolute Gasteiger partial charge is 0.293 e. The van der Waals surface area contributed by atoms with Gasteiger partial charge in [-0.1, -0.05) is 13.8 Å². The Morgan fingerprint density at radius 3 is 2.25 bits per heavy atom. The van der Waals surface area contributed by atoms with Crippen molar-refractivity contribution >= 4 is 21.4 Å². The molecule has 0 spiro atoms. The molecule has 1 aromatic rings. The average molecular weight is 356 g/mol. The minimum Gasteiger partial charge on any atom is -0.363 e. The summed E-state index contributed by atoms with van der Waals surface area (Å²) in [6.45, 7) is 7.13. The summed E-state index contributed by atoms with van der Waals surface area (Å²) in [6.07, 6.45) is 0. The van der Waals surface area contributed by atoms with Crippen molar-refractivity contribution < 1.29 is 13.3 Å². The van der Waals surface area contributed by atoms with Gasteiger partial charge in [-0.05, 0) is 19.2 Å². The molecule has 0 N–H and O–H groups in total. The summed E-state index contributed by atoms with van der Waals surface area (Å²) in [5.41, 5.74) is 0.319. The maximum atomic E-state index is 12.6. The summed E-state index contributed by atoms with van der Waals surface area (Å²) in [4.78, 5) is 15.0. The summed E-state index contributed by atoms with van der Waals surface area (Å²) in [5.74, 6) is 0. The van der Waals surface area contributed by atoms with E-state index in [1.165, 1.54) is 16.4 Å². The Kier molecular flexibility index (Phi) is 5.79. The van der Waals surface area contributed by atoms with E-state index in [9.17, 15) is 18.5 Å². The molecule has 0 atom stereocenters. The van der Waals surface area contributed by atoms with Crippen molar-refractivity contribution in [1.82, 2.24) is 9.21 Å². The van der Waals surface area contributed by atoms with E-state index >= 15 is 0 Å². The van der Waals surface area contributed by atoms with Crippen LogP contribution in [0.1, 0.15) is 13.8 Å². The van der Waals surface area contributed by atoms with Gasteiger partial charge in [-0.3, -0.25) is 10.1 Å². The molecule has 0 bridgehead atoms. The number of nitrogens with zero attached hydrogens (tertiary/aromatic N) is 4. The third-order valence-electron chi connectivity index (χ3n) is 4.33. The molecule has 1 aliphatic rings. The zero-order chi connectivity index (χ0) is 17.9. The van der Waals surface area contributed by atoms with Crippen molar-refractivity contribution in [1.29, 1.82) is 0 Å². The molecule has 0 radical (unpaired) electrons. The second-order valence-corrected chi connectivity index (χ2v) is 7.73. The lowest BCUT2D eigenvalue weighted by Gasteiger charge is -2.33. The van der Waals surface area contributed by atoms with Crippen LogP contribution in [0.2, 0.25) is 0 Å². The molecular weight excluding hydrogens is 332 g/mol. The number of benzene rings is 1. The molecule has 0 unspecified atom stereocenters. The van der Waals surface area contributed by atoms with Gasteiger partial charge in [0, 0.05) is 45.3 Å². The quantitative estimate of drug-likeness (QED) is 0.565. The number of piperazine rings is 1. The van der Waals surface area contributed by atoms with E-state index in [4.69, 9.17) is 0 Å². The highest BCUT2D eigenvalue weighted by molar-refractivity contribution is 7.89. The first-order valence-electron chi connectivity index (χ1n) is 8.03. The maximum absolute atomic E-state index is 12.6. The van der Waals surface area contributed by atoms with E-state index in [1.54, 1.807) is 19.9 Å². The van der Waals surface area contributed by atoms with Crippen LogP contribution in [0.5, 0.6) is 0 Å². The fourth-order valence-electron chi connectivity index (χ4n) is 2.84. The highest BCUT2D eigenvalue weighted by Gasteiger charge is 2.28. The van der Waals surface area contributed by atoms with Gasteiger partial charge in [-0.25, -0.2) is 8.42 Å². The van der Waals surface area contributed by atoms with Gasteiger partial charge < -0.3 is 9.80 Å². The first kappa shape index (κ1) is 18.6. The van der Waals surface area contributed by atoms with Gasteiger partial charge in [0.15, 0.2) is 0 Å². The van der Waals surface area contributed by atoms with E-state index in [0.29, 0.717) is 31.9 Å². The first-order chi connectivity index (χ1) is 11.3. The third-order valence-corrected chi connectivity index (χ3v) is 6.38. The highest BCUT2D eigenvalue weighted by Crippen LogP contribution is 2.32. The monoisotopic (exact) mass is 356 g/mol. The highest BCUT2D eigenvalue weighted by atomic mass is 32.2. The fraction of sp³-hybridized carbons (Fsp3) is 0.600. The number of nitro groups is 1. The van der Waals surface area contributed by atoms with Crippen molar-refractivity contribution in [2.45, 2.75) is 18.7 Å². The Balaban J connectivity index is 2.42. The molecule has 1 saturated heterocycles. The Labute approximate surface area is 142 Å². The predicted octanol–water partition coefficient (Wildman–Crippen LogP) is 1.38. The number of nitro benzene ring substituents is 1. The molecule has 1 fully saturated rings. The van der Waals surface area contributed by atoms with E-state index in [1.807, 2.05) is 11.9 Å². The summed E-state index contributed by atoms with van der Waals surface area (Å²) < 4.78 is 26.5. The molecule has 9 heteroatoms. The maximum Gasteiger partial charge on any atom is 0.293 e. The van der Waals surface area contributed by atoms with Crippen LogP contribution < -0.4 is 4.90 Å². The Bertz CT molecular complexity index is 695. The van der Waals surface area contributed by atoms with Gasteiger partial charge in [0.25, 0.3) is 5.69 Å². The minimum absolute atomic E-state index is 0.0317. The minimum atomic E-state index is -3.71. The Hall–Kier alpha value is -1.71. The van der Waals surface area contributed by atoms with E-state index in [2.05, 4.69) is 4.90 Å². The van der Waals surface area contributed by atoms with Crippen LogP contribution in [-0.2, 0) is 10.0 Å².